The molecule has 36 heavy (non-hydrogen) atoms. The van der Waals surface area contributed by atoms with Crippen LogP contribution in [0.2, 0.25) is 0 Å². The first-order chi connectivity index (χ1) is 17.4. The number of benzene rings is 1. The summed E-state index contributed by atoms with van der Waals surface area (Å²) in [6, 6.07) is 7.69. The van der Waals surface area contributed by atoms with Crippen molar-refractivity contribution in [2.45, 2.75) is 80.8 Å². The van der Waals surface area contributed by atoms with Gasteiger partial charge in [-0.3, -0.25) is 14.6 Å². The summed E-state index contributed by atoms with van der Waals surface area (Å²) in [5, 5.41) is 16.5. The van der Waals surface area contributed by atoms with Gasteiger partial charge in [0.05, 0.1) is 12.6 Å². The van der Waals surface area contributed by atoms with E-state index >= 15 is 0 Å². The second-order valence-electron chi connectivity index (χ2n) is 7.93. The number of amides is 2. The SMILES string of the molecule is CC.CC.CC.CN=C/C(=C\C(C)C)[C@@H](O)CNCCc1ccc(NC(=O)CN2CCCC2=O)cc1. The van der Waals surface area contributed by atoms with Crippen LogP contribution in [0.15, 0.2) is 40.9 Å². The van der Waals surface area contributed by atoms with Gasteiger partial charge in [0.25, 0.3) is 0 Å². The van der Waals surface area contributed by atoms with Crippen molar-refractivity contribution in [1.29, 1.82) is 0 Å². The first kappa shape index (κ1) is 35.7. The molecule has 2 rings (SSSR count). The van der Waals surface area contributed by atoms with E-state index in [-0.39, 0.29) is 18.4 Å². The molecule has 3 N–H and O–H groups in total. The van der Waals surface area contributed by atoms with Crippen molar-refractivity contribution < 1.29 is 14.7 Å². The standard InChI is InChI=1S/C23H34N4O3.3C2H6/c1-17(2)13-19(14-24-3)21(28)15-25-11-10-18-6-8-20(9-7-18)26-22(29)16-27-12-4-5-23(27)30;3*1-2/h6-9,13-14,17,21,25,28H,4-5,10-12,15-16H2,1-3H3,(H,26,29);3*1-2H3/b19-13+,24-14?;;;/t21-;;;/m0.../s1. The quantitative estimate of drug-likeness (QED) is 0.289. The molecule has 1 fully saturated rings. The smallest absolute Gasteiger partial charge is 0.243 e. The van der Waals surface area contributed by atoms with E-state index in [1.165, 1.54) is 0 Å². The van der Waals surface area contributed by atoms with Crippen molar-refractivity contribution in [2.75, 3.05) is 38.5 Å². The lowest BCUT2D eigenvalue weighted by Gasteiger charge is -2.15. The Morgan fingerprint density at radius 2 is 1.72 bits per heavy atom. The van der Waals surface area contributed by atoms with Gasteiger partial charge in [0.1, 0.15) is 0 Å². The van der Waals surface area contributed by atoms with Crippen molar-refractivity contribution in [3.05, 3.63) is 41.5 Å². The lowest BCUT2D eigenvalue weighted by atomic mass is 10.1. The Hall–Kier alpha value is -2.51. The molecule has 1 aliphatic rings. The second kappa shape index (κ2) is 22.9. The summed E-state index contributed by atoms with van der Waals surface area (Å²) >= 11 is 0. The van der Waals surface area contributed by atoms with Gasteiger partial charge < -0.3 is 20.6 Å². The van der Waals surface area contributed by atoms with Gasteiger partial charge in [0.2, 0.25) is 11.8 Å². The van der Waals surface area contributed by atoms with Crippen molar-refractivity contribution in [2.24, 2.45) is 10.9 Å². The predicted molar refractivity (Wildman–Crippen MR) is 155 cm³/mol. The summed E-state index contributed by atoms with van der Waals surface area (Å²) in [6.07, 6.45) is 5.32. The highest BCUT2D eigenvalue weighted by Gasteiger charge is 2.22. The molecule has 2 amide bonds. The maximum atomic E-state index is 12.1. The van der Waals surface area contributed by atoms with E-state index in [4.69, 9.17) is 0 Å². The Balaban J connectivity index is 0. The predicted octanol–water partition coefficient (Wildman–Crippen LogP) is 5.10. The fourth-order valence-corrected chi connectivity index (χ4v) is 3.36. The van der Waals surface area contributed by atoms with Crippen LogP contribution in [0.5, 0.6) is 0 Å². The van der Waals surface area contributed by atoms with Crippen LogP contribution < -0.4 is 10.6 Å². The van der Waals surface area contributed by atoms with Gasteiger partial charge in [-0.1, -0.05) is 73.6 Å². The van der Waals surface area contributed by atoms with Gasteiger partial charge in [-0.15, -0.1) is 0 Å². The van der Waals surface area contributed by atoms with E-state index in [9.17, 15) is 14.7 Å². The highest BCUT2D eigenvalue weighted by atomic mass is 16.3. The van der Waals surface area contributed by atoms with E-state index in [2.05, 4.69) is 29.5 Å². The van der Waals surface area contributed by atoms with Gasteiger partial charge in [0, 0.05) is 38.5 Å². The lowest BCUT2D eigenvalue weighted by Crippen LogP contribution is -2.33. The Bertz CT molecular complexity index is 758. The van der Waals surface area contributed by atoms with Crippen molar-refractivity contribution in [3.8, 4) is 0 Å². The van der Waals surface area contributed by atoms with E-state index in [0.717, 1.165) is 36.2 Å². The average molecular weight is 505 g/mol. The van der Waals surface area contributed by atoms with Crippen LogP contribution in [0.4, 0.5) is 5.69 Å². The zero-order chi connectivity index (χ0) is 27.9. The number of aliphatic imine (C=N–C) groups is 1. The van der Waals surface area contributed by atoms with Gasteiger partial charge in [-0.25, -0.2) is 0 Å². The van der Waals surface area contributed by atoms with E-state index in [0.29, 0.717) is 25.4 Å². The van der Waals surface area contributed by atoms with Gasteiger partial charge in [-0.2, -0.15) is 0 Å². The number of likely N-dealkylation sites (tertiary alicyclic amines) is 1. The second-order valence-corrected chi connectivity index (χ2v) is 7.93. The molecule has 0 spiro atoms. The topological polar surface area (TPSA) is 94.0 Å². The molecule has 1 atom stereocenters. The maximum absolute atomic E-state index is 12.1. The van der Waals surface area contributed by atoms with Gasteiger partial charge >= 0.3 is 0 Å². The number of hydrogen-bond donors (Lipinski definition) is 3. The van der Waals surface area contributed by atoms with Crippen LogP contribution >= 0.6 is 0 Å². The summed E-state index contributed by atoms with van der Waals surface area (Å²) in [6.45, 7) is 18.1. The molecule has 0 saturated carbocycles. The van der Waals surface area contributed by atoms with Crippen LogP contribution in [0, 0.1) is 5.92 Å². The van der Waals surface area contributed by atoms with E-state index in [1.54, 1.807) is 18.2 Å². The van der Waals surface area contributed by atoms with Crippen LogP contribution in [0.25, 0.3) is 0 Å². The van der Waals surface area contributed by atoms with Gasteiger partial charge in [-0.05, 0) is 48.6 Å². The number of aliphatic hydroxyl groups is 1. The molecular formula is C29H52N4O3. The zero-order valence-electron chi connectivity index (χ0n) is 24.2. The molecule has 0 bridgehead atoms. The van der Waals surface area contributed by atoms with Crippen LogP contribution in [0.3, 0.4) is 0 Å². The highest BCUT2D eigenvalue weighted by molar-refractivity contribution is 5.94. The first-order valence-electron chi connectivity index (χ1n) is 13.6. The normalized spacial score (nSPS) is 13.8. The van der Waals surface area contributed by atoms with Crippen molar-refractivity contribution in [3.63, 3.8) is 0 Å². The van der Waals surface area contributed by atoms with Gasteiger partial charge in [0.15, 0.2) is 0 Å². The Morgan fingerprint density at radius 3 is 2.22 bits per heavy atom. The number of hydrogen-bond acceptors (Lipinski definition) is 5. The largest absolute Gasteiger partial charge is 0.387 e. The molecule has 1 aromatic rings. The third-order valence-electron chi connectivity index (χ3n) is 4.86. The molecule has 1 aliphatic heterocycles. The number of anilines is 1. The van der Waals surface area contributed by atoms with E-state index in [1.807, 2.05) is 71.9 Å². The highest BCUT2D eigenvalue weighted by Crippen LogP contribution is 2.12. The summed E-state index contributed by atoms with van der Waals surface area (Å²) in [5.41, 5.74) is 2.69. The number of nitrogens with one attached hydrogen (secondary N) is 2. The van der Waals surface area contributed by atoms with Crippen LogP contribution in [0.1, 0.15) is 73.8 Å². The fraction of sp³-hybridized carbons (Fsp3) is 0.621. The summed E-state index contributed by atoms with van der Waals surface area (Å²) < 4.78 is 0. The molecule has 0 aromatic heterocycles. The number of aliphatic hydroxyl groups excluding tert-OH is 1. The molecule has 0 aliphatic carbocycles. The number of nitrogens with zero attached hydrogens (tertiary/aromatic N) is 2. The Labute approximate surface area is 220 Å². The third-order valence-corrected chi connectivity index (χ3v) is 4.86. The minimum Gasteiger partial charge on any atom is -0.387 e. The van der Waals surface area contributed by atoms with Crippen molar-refractivity contribution >= 4 is 23.7 Å². The number of allylic oxidation sites excluding steroid dienone is 1. The summed E-state index contributed by atoms with van der Waals surface area (Å²) in [4.78, 5) is 29.3. The minimum absolute atomic E-state index is 0.0481. The molecule has 206 valence electrons. The lowest BCUT2D eigenvalue weighted by molar-refractivity contribution is -0.131. The number of rotatable bonds is 11. The molecule has 1 saturated heterocycles. The third kappa shape index (κ3) is 15.5. The molecule has 1 aromatic carbocycles. The summed E-state index contributed by atoms with van der Waals surface area (Å²) in [5.74, 6) is 0.226. The van der Waals surface area contributed by atoms with Crippen molar-refractivity contribution in [1.82, 2.24) is 10.2 Å². The fourth-order valence-electron chi connectivity index (χ4n) is 3.36. The molecule has 0 unspecified atom stereocenters. The molecule has 7 nitrogen and oxygen atoms in total. The average Bonchev–Trinajstić information content (AvgIpc) is 3.29. The molecular weight excluding hydrogens is 452 g/mol. The number of carbonyl (C=O) groups is 2. The monoisotopic (exact) mass is 504 g/mol. The van der Waals surface area contributed by atoms with Crippen LogP contribution in [-0.4, -0.2) is 67.4 Å². The molecule has 1 heterocycles. The summed E-state index contributed by atoms with van der Waals surface area (Å²) in [7, 11) is 1.70. The minimum atomic E-state index is -0.587. The van der Waals surface area contributed by atoms with Crippen LogP contribution in [-0.2, 0) is 16.0 Å². The van der Waals surface area contributed by atoms with E-state index < -0.39 is 6.10 Å². The first-order valence-corrected chi connectivity index (χ1v) is 13.6. The molecule has 0 radical (unpaired) electrons. The Morgan fingerprint density at radius 1 is 1.11 bits per heavy atom. The number of carbonyl (C=O) groups excluding carboxylic acids is 2. The zero-order valence-corrected chi connectivity index (χ0v) is 24.2. The maximum Gasteiger partial charge on any atom is 0.243 e. The molecule has 7 heteroatoms. The Kier molecular flexibility index (Phi) is 22.7.